The van der Waals surface area contributed by atoms with E-state index in [1.165, 1.54) is 0 Å². The highest BCUT2D eigenvalue weighted by atomic mass is 79.9. The number of benzene rings is 2. The minimum absolute atomic E-state index is 0.247. The van der Waals surface area contributed by atoms with Crippen LogP contribution in [0.25, 0.3) is 0 Å². The van der Waals surface area contributed by atoms with E-state index in [1.807, 2.05) is 48.0 Å². The quantitative estimate of drug-likeness (QED) is 0.368. The number of nitrogens with zero attached hydrogens (tertiary/aromatic N) is 4. The summed E-state index contributed by atoms with van der Waals surface area (Å²) in [6.07, 6.45) is 3.28. The maximum absolute atomic E-state index is 12.1. The summed E-state index contributed by atoms with van der Waals surface area (Å²) in [5, 5.41) is 12.7. The summed E-state index contributed by atoms with van der Waals surface area (Å²) in [5.74, 6) is 0.513. The van der Waals surface area contributed by atoms with E-state index in [0.717, 1.165) is 26.5 Å². The Balaban J connectivity index is 1.54. The molecule has 1 N–H and O–H groups in total. The van der Waals surface area contributed by atoms with Gasteiger partial charge in [0.25, 0.3) is 5.91 Å². The molecular weight excluding hydrogens is 414 g/mol. The van der Waals surface area contributed by atoms with E-state index in [-0.39, 0.29) is 5.91 Å². The van der Waals surface area contributed by atoms with Crippen molar-refractivity contribution in [2.75, 3.05) is 0 Å². The van der Waals surface area contributed by atoms with Crippen LogP contribution in [0.1, 0.15) is 21.5 Å². The van der Waals surface area contributed by atoms with Crippen molar-refractivity contribution in [3.05, 3.63) is 76.0 Å². The Labute approximate surface area is 163 Å². The molecule has 0 saturated heterocycles. The van der Waals surface area contributed by atoms with Crippen LogP contribution >= 0.6 is 27.7 Å². The Hall–Kier alpha value is -2.45. The lowest BCUT2D eigenvalue weighted by Gasteiger charge is -2.03. The van der Waals surface area contributed by atoms with Crippen LogP contribution in [0.5, 0.6) is 0 Å². The summed E-state index contributed by atoms with van der Waals surface area (Å²) in [5.41, 5.74) is 5.10. The van der Waals surface area contributed by atoms with E-state index in [4.69, 9.17) is 0 Å². The van der Waals surface area contributed by atoms with Gasteiger partial charge in [0.15, 0.2) is 5.16 Å². The predicted molar refractivity (Wildman–Crippen MR) is 106 cm³/mol. The molecule has 3 rings (SSSR count). The number of carbonyl (C=O) groups excluding carboxylic acids is 1. The van der Waals surface area contributed by atoms with E-state index < -0.39 is 0 Å². The highest BCUT2D eigenvalue weighted by Gasteiger charge is 2.06. The van der Waals surface area contributed by atoms with Crippen LogP contribution in [-0.4, -0.2) is 26.9 Å². The van der Waals surface area contributed by atoms with Crippen LogP contribution in [-0.2, 0) is 12.8 Å². The molecular formula is C18H16BrN5OS. The minimum atomic E-state index is -0.247. The average molecular weight is 430 g/mol. The molecule has 0 unspecified atom stereocenters. The van der Waals surface area contributed by atoms with Crippen molar-refractivity contribution in [2.45, 2.75) is 10.9 Å². The lowest BCUT2D eigenvalue weighted by Crippen LogP contribution is -2.17. The summed E-state index contributed by atoms with van der Waals surface area (Å²) in [7, 11) is 1.91. The van der Waals surface area contributed by atoms with E-state index in [2.05, 4.69) is 36.7 Å². The molecule has 6 nitrogen and oxygen atoms in total. The summed E-state index contributed by atoms with van der Waals surface area (Å²) >= 11 is 4.99. The van der Waals surface area contributed by atoms with Gasteiger partial charge in [0.2, 0.25) is 0 Å². The molecule has 3 aromatic rings. The number of hydrogen-bond donors (Lipinski definition) is 1. The monoisotopic (exact) mass is 429 g/mol. The van der Waals surface area contributed by atoms with E-state index in [1.54, 1.807) is 36.4 Å². The molecule has 26 heavy (non-hydrogen) atoms. The molecule has 0 spiro atoms. The van der Waals surface area contributed by atoms with E-state index in [0.29, 0.717) is 5.56 Å². The number of halogens is 1. The largest absolute Gasteiger partial charge is 0.312 e. The summed E-state index contributed by atoms with van der Waals surface area (Å²) in [6, 6.07) is 15.1. The molecule has 0 aliphatic carbocycles. The Morgan fingerprint density at radius 1 is 1.31 bits per heavy atom. The van der Waals surface area contributed by atoms with Gasteiger partial charge in [0.1, 0.15) is 6.33 Å². The zero-order chi connectivity index (χ0) is 18.4. The van der Waals surface area contributed by atoms with Gasteiger partial charge < -0.3 is 4.57 Å². The third-order valence-corrected chi connectivity index (χ3v) is 5.08. The normalized spacial score (nSPS) is 11.0. The third-order valence-electron chi connectivity index (χ3n) is 3.48. The number of amides is 1. The second-order valence-electron chi connectivity index (χ2n) is 5.46. The first-order chi connectivity index (χ1) is 12.6. The van der Waals surface area contributed by atoms with Crippen LogP contribution in [0.15, 0.2) is 69.6 Å². The molecule has 1 aromatic heterocycles. The first kappa shape index (κ1) is 18.3. The van der Waals surface area contributed by atoms with Crippen molar-refractivity contribution < 1.29 is 4.79 Å². The van der Waals surface area contributed by atoms with Crippen molar-refractivity contribution in [2.24, 2.45) is 12.1 Å². The molecule has 0 atom stereocenters. The maximum atomic E-state index is 12.1. The van der Waals surface area contributed by atoms with Crippen molar-refractivity contribution in [3.63, 3.8) is 0 Å². The Morgan fingerprint density at radius 3 is 2.81 bits per heavy atom. The molecule has 0 radical (unpaired) electrons. The number of thioether (sulfide) groups is 1. The van der Waals surface area contributed by atoms with E-state index in [9.17, 15) is 4.79 Å². The van der Waals surface area contributed by atoms with Gasteiger partial charge in [0.05, 0.1) is 6.21 Å². The SMILES string of the molecule is Cn1cnnc1SCc1ccc(C(=O)N/N=C/c2cccc(Br)c2)cc1. The minimum Gasteiger partial charge on any atom is -0.312 e. The Bertz CT molecular complexity index is 923. The van der Waals surface area contributed by atoms with Gasteiger partial charge in [-0.15, -0.1) is 10.2 Å². The second-order valence-corrected chi connectivity index (χ2v) is 7.32. The van der Waals surface area contributed by atoms with Crippen molar-refractivity contribution in [1.29, 1.82) is 0 Å². The number of carbonyl (C=O) groups is 1. The smallest absolute Gasteiger partial charge is 0.271 e. The van der Waals surface area contributed by atoms with Crippen molar-refractivity contribution in [1.82, 2.24) is 20.2 Å². The standard InChI is InChI=1S/C18H16BrN5OS/c1-24-12-21-23-18(24)26-11-13-5-7-15(8-6-13)17(25)22-20-10-14-3-2-4-16(19)9-14/h2-10,12H,11H2,1H3,(H,22,25)/b20-10+. The number of aromatic nitrogens is 3. The number of rotatable bonds is 6. The predicted octanol–water partition coefficient (Wildman–Crippen LogP) is 3.63. The van der Waals surface area contributed by atoms with Gasteiger partial charge in [-0.25, -0.2) is 5.43 Å². The fourth-order valence-electron chi connectivity index (χ4n) is 2.12. The third kappa shape index (κ3) is 5.03. The number of nitrogens with one attached hydrogen (secondary N) is 1. The molecule has 0 fully saturated rings. The summed E-state index contributed by atoms with van der Waals surface area (Å²) in [6.45, 7) is 0. The van der Waals surface area contributed by atoms with Crippen LogP contribution in [0.2, 0.25) is 0 Å². The van der Waals surface area contributed by atoms with Crippen molar-refractivity contribution >= 4 is 39.8 Å². The summed E-state index contributed by atoms with van der Waals surface area (Å²) < 4.78 is 2.83. The zero-order valence-electron chi connectivity index (χ0n) is 14.0. The van der Waals surface area contributed by atoms with Crippen LogP contribution in [0, 0.1) is 0 Å². The number of aryl methyl sites for hydroxylation is 1. The molecule has 0 aliphatic rings. The maximum Gasteiger partial charge on any atom is 0.271 e. The summed E-state index contributed by atoms with van der Waals surface area (Å²) in [4.78, 5) is 12.1. The van der Waals surface area contributed by atoms with Crippen molar-refractivity contribution in [3.8, 4) is 0 Å². The zero-order valence-corrected chi connectivity index (χ0v) is 16.4. The topological polar surface area (TPSA) is 72.2 Å². The Kier molecular flexibility index (Phi) is 6.19. The molecule has 1 amide bonds. The molecule has 0 saturated carbocycles. The fourth-order valence-corrected chi connectivity index (χ4v) is 3.38. The Morgan fingerprint density at radius 2 is 2.12 bits per heavy atom. The van der Waals surface area contributed by atoms with Crippen LogP contribution in [0.4, 0.5) is 0 Å². The van der Waals surface area contributed by atoms with Gasteiger partial charge in [-0.3, -0.25) is 4.79 Å². The van der Waals surface area contributed by atoms with Gasteiger partial charge in [-0.1, -0.05) is 52.0 Å². The first-order valence-electron chi connectivity index (χ1n) is 7.76. The fraction of sp³-hybridized carbons (Fsp3) is 0.111. The number of hydrazone groups is 1. The lowest BCUT2D eigenvalue weighted by molar-refractivity contribution is 0.0955. The molecule has 2 aromatic carbocycles. The molecule has 8 heteroatoms. The molecule has 1 heterocycles. The van der Waals surface area contributed by atoms with Gasteiger partial charge in [-0.05, 0) is 35.4 Å². The molecule has 0 aliphatic heterocycles. The average Bonchev–Trinajstić information content (AvgIpc) is 3.05. The van der Waals surface area contributed by atoms with Crippen LogP contribution in [0.3, 0.4) is 0 Å². The van der Waals surface area contributed by atoms with Crippen LogP contribution < -0.4 is 5.43 Å². The van der Waals surface area contributed by atoms with Gasteiger partial charge >= 0.3 is 0 Å². The van der Waals surface area contributed by atoms with Gasteiger partial charge in [0, 0.05) is 22.8 Å². The number of hydrogen-bond acceptors (Lipinski definition) is 5. The molecule has 132 valence electrons. The highest BCUT2D eigenvalue weighted by Crippen LogP contribution is 2.20. The van der Waals surface area contributed by atoms with Gasteiger partial charge in [-0.2, -0.15) is 5.10 Å². The lowest BCUT2D eigenvalue weighted by atomic mass is 10.1. The second kappa shape index (κ2) is 8.77. The highest BCUT2D eigenvalue weighted by molar-refractivity contribution is 9.10. The first-order valence-corrected chi connectivity index (χ1v) is 9.54. The molecule has 0 bridgehead atoms. The van der Waals surface area contributed by atoms with E-state index >= 15 is 0 Å².